The van der Waals surface area contributed by atoms with Gasteiger partial charge in [0.05, 0.1) is 5.92 Å². The van der Waals surface area contributed by atoms with Crippen molar-refractivity contribution in [1.29, 1.82) is 0 Å². The van der Waals surface area contributed by atoms with E-state index in [4.69, 9.17) is 11.6 Å². The molecule has 27 heavy (non-hydrogen) atoms. The highest BCUT2D eigenvalue weighted by Crippen LogP contribution is 2.58. The van der Waals surface area contributed by atoms with E-state index in [1.54, 1.807) is 6.07 Å². The van der Waals surface area contributed by atoms with Crippen LogP contribution >= 0.6 is 11.6 Å². The highest BCUT2D eigenvalue weighted by Gasteiger charge is 2.73. The fourth-order valence-electron chi connectivity index (χ4n) is 5.49. The van der Waals surface area contributed by atoms with Crippen LogP contribution in [0.25, 0.3) is 0 Å². The van der Waals surface area contributed by atoms with Crippen LogP contribution in [-0.4, -0.2) is 34.4 Å². The molecule has 4 atom stereocenters. The maximum Gasteiger partial charge on any atom is 0.256 e. The van der Waals surface area contributed by atoms with Crippen LogP contribution in [0.15, 0.2) is 48.5 Å². The van der Waals surface area contributed by atoms with E-state index >= 15 is 0 Å². The summed E-state index contributed by atoms with van der Waals surface area (Å²) in [5, 5.41) is 15.8. The van der Waals surface area contributed by atoms with Gasteiger partial charge in [-0.05, 0) is 30.5 Å². The Morgan fingerprint density at radius 3 is 2.70 bits per heavy atom. The topological polar surface area (TPSA) is 75.5 Å². The Morgan fingerprint density at radius 2 is 1.93 bits per heavy atom. The zero-order valence-corrected chi connectivity index (χ0v) is 15.2. The molecule has 0 radical (unpaired) electrons. The largest absolute Gasteiger partial charge is 0.324 e. The molecule has 2 aromatic carbocycles. The second-order valence-electron chi connectivity index (χ2n) is 7.45. The summed E-state index contributed by atoms with van der Waals surface area (Å²) >= 11 is 6.45. The van der Waals surface area contributed by atoms with Crippen LogP contribution in [0.3, 0.4) is 0 Å². The first-order valence-corrected chi connectivity index (χ1v) is 9.50. The van der Waals surface area contributed by atoms with Gasteiger partial charge in [-0.3, -0.25) is 19.8 Å². The van der Waals surface area contributed by atoms with Gasteiger partial charge in [0.2, 0.25) is 0 Å². The Morgan fingerprint density at radius 1 is 1.19 bits per heavy atom. The van der Waals surface area contributed by atoms with Crippen molar-refractivity contribution in [3.05, 3.63) is 74.8 Å². The van der Waals surface area contributed by atoms with Crippen molar-refractivity contribution in [2.45, 2.75) is 36.4 Å². The number of halogens is 1. The smallest absolute Gasteiger partial charge is 0.256 e. The van der Waals surface area contributed by atoms with Gasteiger partial charge in [-0.25, -0.2) is 0 Å². The fraction of sp³-hybridized carbons (Fsp3) is 0.350. The van der Waals surface area contributed by atoms with Crippen molar-refractivity contribution in [2.75, 3.05) is 11.9 Å². The van der Waals surface area contributed by atoms with Crippen molar-refractivity contribution in [1.82, 2.24) is 4.90 Å². The lowest BCUT2D eigenvalue weighted by molar-refractivity contribution is -0.534. The summed E-state index contributed by atoms with van der Waals surface area (Å²) in [5.41, 5.74) is 0.843. The van der Waals surface area contributed by atoms with E-state index < -0.39 is 17.5 Å². The molecule has 1 amide bonds. The molecular weight excluding hydrogens is 366 g/mol. The van der Waals surface area contributed by atoms with Crippen molar-refractivity contribution < 1.29 is 9.72 Å². The molecule has 3 aliphatic rings. The number of fused-ring (bicyclic) bond motifs is 4. The van der Waals surface area contributed by atoms with E-state index in [0.29, 0.717) is 22.8 Å². The van der Waals surface area contributed by atoms with Crippen molar-refractivity contribution in [3.63, 3.8) is 0 Å². The van der Waals surface area contributed by atoms with Crippen LogP contribution in [0.1, 0.15) is 29.9 Å². The molecule has 2 fully saturated rings. The van der Waals surface area contributed by atoms with Crippen LogP contribution in [0.2, 0.25) is 5.02 Å². The van der Waals surface area contributed by atoms with Crippen LogP contribution in [-0.2, 0) is 10.3 Å². The van der Waals surface area contributed by atoms with Crippen molar-refractivity contribution >= 4 is 23.2 Å². The molecule has 6 nitrogen and oxygen atoms in total. The molecule has 3 heterocycles. The van der Waals surface area contributed by atoms with Crippen LogP contribution in [0, 0.1) is 10.1 Å². The summed E-state index contributed by atoms with van der Waals surface area (Å²) < 4.78 is 0. The van der Waals surface area contributed by atoms with Crippen LogP contribution < -0.4 is 5.32 Å². The molecular formula is C20H18ClN3O3. The Hall–Kier alpha value is -2.44. The van der Waals surface area contributed by atoms with Crippen molar-refractivity contribution in [3.8, 4) is 0 Å². The number of hydrogen-bond donors (Lipinski definition) is 1. The van der Waals surface area contributed by atoms with Crippen LogP contribution in [0.5, 0.6) is 0 Å². The third-order valence-electron chi connectivity index (χ3n) is 6.36. The summed E-state index contributed by atoms with van der Waals surface area (Å²) in [6.45, 7) is 0.664. The zero-order valence-electron chi connectivity index (χ0n) is 14.5. The van der Waals surface area contributed by atoms with Gasteiger partial charge >= 0.3 is 0 Å². The van der Waals surface area contributed by atoms with Gasteiger partial charge in [0.25, 0.3) is 11.9 Å². The number of nitrogens with one attached hydrogen (secondary N) is 1. The van der Waals surface area contributed by atoms with Gasteiger partial charge in [-0.15, -0.1) is 0 Å². The number of amides is 1. The SMILES string of the molecule is O=C1Nc2ccccc2C12[C@H]([N+](=O)[O-])[C@@H](c1ccccc1Cl)C1CCCN12. The third kappa shape index (κ3) is 2.02. The number of hydrogen-bond acceptors (Lipinski definition) is 4. The quantitative estimate of drug-likeness (QED) is 0.637. The number of rotatable bonds is 2. The number of benzene rings is 2. The lowest BCUT2D eigenvalue weighted by atomic mass is 9.77. The molecule has 3 aliphatic heterocycles. The van der Waals surface area contributed by atoms with Gasteiger partial charge < -0.3 is 5.32 Å². The molecule has 0 aliphatic carbocycles. The summed E-state index contributed by atoms with van der Waals surface area (Å²) in [5.74, 6) is -0.736. The third-order valence-corrected chi connectivity index (χ3v) is 6.70. The highest BCUT2D eigenvalue weighted by molar-refractivity contribution is 6.31. The normalized spacial score (nSPS) is 31.7. The highest BCUT2D eigenvalue weighted by atomic mass is 35.5. The molecule has 2 unspecified atom stereocenters. The van der Waals surface area contributed by atoms with Gasteiger partial charge in [-0.2, -0.15) is 0 Å². The summed E-state index contributed by atoms with van der Waals surface area (Å²) in [7, 11) is 0. The van der Waals surface area contributed by atoms with E-state index in [1.165, 1.54) is 0 Å². The second kappa shape index (κ2) is 5.78. The molecule has 0 saturated carbocycles. The van der Waals surface area contributed by atoms with E-state index in [2.05, 4.69) is 10.2 Å². The summed E-state index contributed by atoms with van der Waals surface area (Å²) in [6.07, 6.45) is 1.73. The van der Waals surface area contributed by atoms with E-state index in [9.17, 15) is 14.9 Å². The lowest BCUT2D eigenvalue weighted by Gasteiger charge is -2.32. The first kappa shape index (κ1) is 16.7. The zero-order chi connectivity index (χ0) is 18.8. The number of anilines is 1. The maximum atomic E-state index is 13.3. The second-order valence-corrected chi connectivity index (χ2v) is 7.85. The first-order chi connectivity index (χ1) is 13.1. The molecule has 0 aromatic heterocycles. The minimum Gasteiger partial charge on any atom is -0.324 e. The van der Waals surface area contributed by atoms with E-state index in [-0.39, 0.29) is 16.9 Å². The molecule has 1 N–H and O–H groups in total. The molecule has 138 valence electrons. The molecule has 5 rings (SSSR count). The predicted molar refractivity (Wildman–Crippen MR) is 101 cm³/mol. The Kier molecular flexibility index (Phi) is 3.58. The minimum absolute atomic E-state index is 0.0859. The fourth-order valence-corrected chi connectivity index (χ4v) is 5.76. The molecule has 1 spiro atoms. The van der Waals surface area contributed by atoms with Crippen LogP contribution in [0.4, 0.5) is 5.69 Å². The number of carbonyl (C=O) groups excluding carboxylic acids is 1. The lowest BCUT2D eigenvalue weighted by Crippen LogP contribution is -2.55. The molecule has 2 saturated heterocycles. The Bertz CT molecular complexity index is 965. The average molecular weight is 384 g/mol. The average Bonchev–Trinajstić information content (AvgIpc) is 3.30. The molecule has 2 aromatic rings. The summed E-state index contributed by atoms with van der Waals surface area (Å²) in [4.78, 5) is 27.5. The van der Waals surface area contributed by atoms with Gasteiger partial charge in [0.1, 0.15) is 0 Å². The van der Waals surface area contributed by atoms with E-state index in [0.717, 1.165) is 18.4 Å². The number of para-hydroxylation sites is 1. The Labute approximate surface area is 161 Å². The number of carbonyl (C=O) groups is 1. The first-order valence-electron chi connectivity index (χ1n) is 9.12. The number of nitro groups is 1. The minimum atomic E-state index is -1.29. The van der Waals surface area contributed by atoms with Gasteiger partial charge in [-0.1, -0.05) is 48.0 Å². The van der Waals surface area contributed by atoms with Crippen molar-refractivity contribution in [2.24, 2.45) is 0 Å². The van der Waals surface area contributed by atoms with Gasteiger partial charge in [0.15, 0.2) is 5.54 Å². The summed E-state index contributed by atoms with van der Waals surface area (Å²) in [6, 6.07) is 13.4. The van der Waals surface area contributed by atoms with Gasteiger partial charge in [0, 0.05) is 33.8 Å². The predicted octanol–water partition coefficient (Wildman–Crippen LogP) is 3.39. The monoisotopic (exact) mass is 383 g/mol. The standard InChI is InChI=1S/C20H18ClN3O3/c21-14-8-3-1-6-12(14)17-16-10-5-11-23(16)20(18(17)24(26)27)13-7-2-4-9-15(13)22-19(20)25/h1-4,6-9,16-18H,5,10-11H2,(H,22,25)/t16?,17-,18+,20?/m0/s1. The number of nitrogens with zero attached hydrogens (tertiary/aromatic N) is 2. The van der Waals surface area contributed by atoms with E-state index in [1.807, 2.05) is 42.5 Å². The molecule has 0 bridgehead atoms. The Balaban J connectivity index is 1.79. The maximum absolute atomic E-state index is 13.3. The molecule has 7 heteroatoms.